The van der Waals surface area contributed by atoms with Crippen LogP contribution in [0, 0.1) is 0 Å². The molecule has 0 saturated heterocycles. The summed E-state index contributed by atoms with van der Waals surface area (Å²) in [7, 11) is -3.98. The molecule has 0 bridgehead atoms. The summed E-state index contributed by atoms with van der Waals surface area (Å²) in [5.41, 5.74) is 0. The molecular formula is C8H7N3O3S. The van der Waals surface area contributed by atoms with Gasteiger partial charge in [-0.2, -0.15) is 8.42 Å². The van der Waals surface area contributed by atoms with Crippen molar-refractivity contribution < 1.29 is 12.6 Å². The van der Waals surface area contributed by atoms with Crippen molar-refractivity contribution >= 4 is 10.3 Å². The highest BCUT2D eigenvalue weighted by molar-refractivity contribution is 7.85. The Morgan fingerprint density at radius 3 is 2.27 bits per heavy atom. The molecule has 0 aliphatic carbocycles. The van der Waals surface area contributed by atoms with E-state index in [1.54, 1.807) is 18.2 Å². The zero-order valence-electron chi connectivity index (χ0n) is 7.52. The minimum absolute atomic E-state index is 0.217. The third-order valence-electron chi connectivity index (χ3n) is 1.54. The Morgan fingerprint density at radius 1 is 1.07 bits per heavy atom. The van der Waals surface area contributed by atoms with Crippen LogP contribution in [0.1, 0.15) is 0 Å². The first-order valence-corrected chi connectivity index (χ1v) is 5.41. The summed E-state index contributed by atoms with van der Waals surface area (Å²) in [6.45, 7) is 0. The van der Waals surface area contributed by atoms with E-state index in [0.29, 0.717) is 4.20 Å². The molecule has 2 rings (SSSR count). The number of hydrogen-bond acceptors (Lipinski definition) is 5. The SMILES string of the molecule is O=S(=O)(Oc1ccccc1)n1nccn1. The molecule has 1 aromatic carbocycles. The fourth-order valence-electron chi connectivity index (χ4n) is 0.950. The third-order valence-corrected chi connectivity index (χ3v) is 2.53. The predicted molar refractivity (Wildman–Crippen MR) is 51.4 cm³/mol. The highest BCUT2D eigenvalue weighted by atomic mass is 32.2. The van der Waals surface area contributed by atoms with Gasteiger partial charge in [0.05, 0.1) is 12.4 Å². The van der Waals surface area contributed by atoms with Crippen LogP contribution < -0.4 is 4.18 Å². The lowest BCUT2D eigenvalue weighted by molar-refractivity contribution is 0.460. The van der Waals surface area contributed by atoms with Gasteiger partial charge in [0.25, 0.3) is 0 Å². The molecule has 0 atom stereocenters. The third kappa shape index (κ3) is 2.13. The number of nitrogens with zero attached hydrogens (tertiary/aromatic N) is 3. The maximum Gasteiger partial charge on any atom is 0.445 e. The van der Waals surface area contributed by atoms with Crippen LogP contribution >= 0.6 is 0 Å². The first-order valence-electron chi connectivity index (χ1n) is 4.05. The van der Waals surface area contributed by atoms with Gasteiger partial charge in [-0.25, -0.2) is 0 Å². The molecule has 1 heterocycles. The van der Waals surface area contributed by atoms with E-state index in [9.17, 15) is 8.42 Å². The quantitative estimate of drug-likeness (QED) is 0.758. The van der Waals surface area contributed by atoms with Gasteiger partial charge in [-0.3, -0.25) is 0 Å². The molecule has 0 amide bonds. The van der Waals surface area contributed by atoms with Crippen molar-refractivity contribution in [2.24, 2.45) is 0 Å². The van der Waals surface area contributed by atoms with Crippen molar-refractivity contribution in [3.8, 4) is 5.75 Å². The second-order valence-corrected chi connectivity index (χ2v) is 3.95. The second-order valence-electron chi connectivity index (χ2n) is 2.61. The van der Waals surface area contributed by atoms with Gasteiger partial charge >= 0.3 is 10.3 Å². The smallest absolute Gasteiger partial charge is 0.365 e. The Balaban J connectivity index is 2.27. The number of benzene rings is 1. The molecule has 6 nitrogen and oxygen atoms in total. The first kappa shape index (κ1) is 9.66. The molecule has 0 fully saturated rings. The number of hydrogen-bond donors (Lipinski definition) is 0. The highest BCUT2D eigenvalue weighted by Gasteiger charge is 2.16. The highest BCUT2D eigenvalue weighted by Crippen LogP contribution is 2.11. The van der Waals surface area contributed by atoms with Crippen LogP contribution in [0.4, 0.5) is 0 Å². The standard InChI is InChI=1S/C8H7N3O3S/c12-15(13,11-9-6-7-10-11)14-8-4-2-1-3-5-8/h1-7H. The summed E-state index contributed by atoms with van der Waals surface area (Å²) in [6.07, 6.45) is 2.51. The summed E-state index contributed by atoms with van der Waals surface area (Å²) in [6, 6.07) is 8.15. The van der Waals surface area contributed by atoms with Crippen molar-refractivity contribution in [1.82, 2.24) is 14.4 Å². The maximum absolute atomic E-state index is 11.5. The van der Waals surface area contributed by atoms with Crippen molar-refractivity contribution in [3.63, 3.8) is 0 Å². The molecule has 0 unspecified atom stereocenters. The molecule has 7 heteroatoms. The van der Waals surface area contributed by atoms with Crippen LogP contribution in [0.3, 0.4) is 0 Å². The van der Waals surface area contributed by atoms with Gasteiger partial charge in [0.15, 0.2) is 0 Å². The van der Waals surface area contributed by atoms with Crippen LogP contribution in [0.2, 0.25) is 0 Å². The molecule has 78 valence electrons. The molecule has 0 aliphatic rings. The number of rotatable bonds is 3. The van der Waals surface area contributed by atoms with Crippen molar-refractivity contribution in [2.75, 3.05) is 0 Å². The van der Waals surface area contributed by atoms with Crippen LogP contribution in [0.15, 0.2) is 42.7 Å². The van der Waals surface area contributed by atoms with Crippen molar-refractivity contribution in [2.45, 2.75) is 0 Å². The minimum Gasteiger partial charge on any atom is -0.365 e. The summed E-state index contributed by atoms with van der Waals surface area (Å²) in [4.78, 5) is 0. The van der Waals surface area contributed by atoms with E-state index in [-0.39, 0.29) is 5.75 Å². The van der Waals surface area contributed by atoms with Crippen molar-refractivity contribution in [1.29, 1.82) is 0 Å². The second kappa shape index (κ2) is 3.70. The van der Waals surface area contributed by atoms with Crippen LogP contribution in [0.25, 0.3) is 0 Å². The van der Waals surface area contributed by atoms with Crippen molar-refractivity contribution in [3.05, 3.63) is 42.7 Å². The van der Waals surface area contributed by atoms with Gasteiger partial charge in [0.2, 0.25) is 0 Å². The van der Waals surface area contributed by atoms with E-state index in [1.165, 1.54) is 24.5 Å². The zero-order chi connectivity index (χ0) is 10.7. The fraction of sp³-hybridized carbons (Fsp3) is 0. The van der Waals surface area contributed by atoms with Gasteiger partial charge in [-0.1, -0.05) is 18.2 Å². The lowest BCUT2D eigenvalue weighted by Crippen LogP contribution is -2.21. The average molecular weight is 225 g/mol. The van der Waals surface area contributed by atoms with Crippen LogP contribution in [0.5, 0.6) is 5.75 Å². The lowest BCUT2D eigenvalue weighted by Gasteiger charge is -2.03. The lowest BCUT2D eigenvalue weighted by atomic mass is 10.3. The molecule has 15 heavy (non-hydrogen) atoms. The molecule has 0 saturated carbocycles. The summed E-state index contributed by atoms with van der Waals surface area (Å²) >= 11 is 0. The van der Waals surface area contributed by atoms with Gasteiger partial charge in [-0.05, 0) is 16.3 Å². The number of aromatic nitrogens is 3. The summed E-state index contributed by atoms with van der Waals surface area (Å²) < 4.78 is 28.2. The van der Waals surface area contributed by atoms with Gasteiger partial charge in [0, 0.05) is 0 Å². The molecule has 0 radical (unpaired) electrons. The van der Waals surface area contributed by atoms with E-state index in [1.807, 2.05) is 0 Å². The predicted octanol–water partition coefficient (Wildman–Crippen LogP) is 0.450. The van der Waals surface area contributed by atoms with E-state index >= 15 is 0 Å². The van der Waals surface area contributed by atoms with E-state index in [2.05, 4.69) is 10.2 Å². The fourth-order valence-corrected chi connectivity index (χ4v) is 1.71. The Morgan fingerprint density at radius 2 is 1.67 bits per heavy atom. The zero-order valence-corrected chi connectivity index (χ0v) is 8.33. The minimum atomic E-state index is -3.98. The van der Waals surface area contributed by atoms with Gasteiger partial charge in [0.1, 0.15) is 5.75 Å². The Labute approximate surface area is 86.4 Å². The van der Waals surface area contributed by atoms with Gasteiger partial charge in [-0.15, -0.1) is 10.2 Å². The molecule has 0 spiro atoms. The van der Waals surface area contributed by atoms with E-state index in [4.69, 9.17) is 4.18 Å². The van der Waals surface area contributed by atoms with Crippen LogP contribution in [-0.2, 0) is 10.3 Å². The molecule has 0 N–H and O–H groups in total. The molecular weight excluding hydrogens is 218 g/mol. The topological polar surface area (TPSA) is 74.1 Å². The van der Waals surface area contributed by atoms with E-state index < -0.39 is 10.3 Å². The maximum atomic E-state index is 11.5. The number of para-hydroxylation sites is 1. The van der Waals surface area contributed by atoms with Gasteiger partial charge < -0.3 is 4.18 Å². The Kier molecular flexibility index (Phi) is 2.38. The Bertz CT molecular complexity index is 522. The first-order chi connectivity index (χ1) is 7.18. The van der Waals surface area contributed by atoms with Crippen LogP contribution in [-0.4, -0.2) is 22.8 Å². The normalized spacial score (nSPS) is 11.2. The molecule has 1 aromatic heterocycles. The summed E-state index contributed by atoms with van der Waals surface area (Å²) in [5, 5.41) is 6.95. The Hall–Kier alpha value is -1.89. The molecule has 2 aromatic rings. The monoisotopic (exact) mass is 225 g/mol. The average Bonchev–Trinajstić information content (AvgIpc) is 2.71. The van der Waals surface area contributed by atoms with E-state index in [0.717, 1.165) is 0 Å². The summed E-state index contributed by atoms with van der Waals surface area (Å²) in [5.74, 6) is 0.217. The largest absolute Gasteiger partial charge is 0.445 e. The molecule has 0 aliphatic heterocycles.